The van der Waals surface area contributed by atoms with E-state index in [4.69, 9.17) is 14.9 Å². The lowest BCUT2D eigenvalue weighted by molar-refractivity contribution is -0.318. The number of hydrogen-bond acceptors (Lipinski definition) is 8. The zero-order valence-corrected chi connectivity index (χ0v) is 9.43. The van der Waals surface area contributed by atoms with Gasteiger partial charge in [0.2, 0.25) is 5.79 Å². The number of ether oxygens (including phenoxy) is 1. The lowest BCUT2D eigenvalue weighted by Crippen LogP contribution is -2.65. The Morgan fingerprint density at radius 1 is 1.44 bits per heavy atom. The van der Waals surface area contributed by atoms with Crippen LogP contribution < -0.4 is 5.32 Å². The fourth-order valence-corrected chi connectivity index (χ4v) is 1.55. The third-order valence-corrected chi connectivity index (χ3v) is 2.77. The topological polar surface area (TPSA) is 160 Å². The number of aliphatic carboxylic acids is 1. The predicted molar refractivity (Wildman–Crippen MR) is 55.4 cm³/mol. The second kappa shape index (κ2) is 5.89. The van der Waals surface area contributed by atoms with Crippen molar-refractivity contribution in [3.8, 4) is 0 Å². The van der Waals surface area contributed by atoms with E-state index in [9.17, 15) is 25.2 Å². The van der Waals surface area contributed by atoms with E-state index >= 15 is 0 Å². The Hall–Kier alpha value is -0.810. The number of hydrogen-bond donors (Lipinski definition) is 7. The molecule has 0 aromatic rings. The molecule has 9 nitrogen and oxygen atoms in total. The Balaban J connectivity index is 2.62. The van der Waals surface area contributed by atoms with Crippen LogP contribution in [0.2, 0.25) is 0 Å². The van der Waals surface area contributed by atoms with Crippen LogP contribution in [0, 0.1) is 0 Å². The van der Waals surface area contributed by atoms with Gasteiger partial charge in [-0.05, 0) is 0 Å². The van der Waals surface area contributed by atoms with E-state index in [0.29, 0.717) is 0 Å². The molecule has 0 spiro atoms. The molecule has 9 heteroatoms. The third kappa shape index (κ3) is 3.14. The molecule has 5 unspecified atom stereocenters. The summed E-state index contributed by atoms with van der Waals surface area (Å²) in [7, 11) is 0. The first kappa shape index (κ1) is 15.2. The number of carboxylic acids is 1. The van der Waals surface area contributed by atoms with E-state index in [1.165, 1.54) is 0 Å². The Morgan fingerprint density at radius 2 is 2.06 bits per heavy atom. The molecule has 0 aromatic heterocycles. The smallest absolute Gasteiger partial charge is 0.323 e. The van der Waals surface area contributed by atoms with Gasteiger partial charge in [-0.25, -0.2) is 0 Å². The summed E-state index contributed by atoms with van der Waals surface area (Å²) in [6, 6.07) is -1.34. The lowest BCUT2D eigenvalue weighted by Gasteiger charge is -2.42. The highest BCUT2D eigenvalue weighted by Gasteiger charge is 2.48. The van der Waals surface area contributed by atoms with Crippen molar-refractivity contribution < 1.29 is 40.2 Å². The van der Waals surface area contributed by atoms with E-state index in [0.717, 1.165) is 0 Å². The monoisotopic (exact) mass is 267 g/mol. The van der Waals surface area contributed by atoms with Crippen LogP contribution in [0.1, 0.15) is 0 Å². The zero-order valence-electron chi connectivity index (χ0n) is 9.43. The summed E-state index contributed by atoms with van der Waals surface area (Å²) < 4.78 is 4.79. The predicted octanol–water partition coefficient (Wildman–Crippen LogP) is -4.18. The Kier molecular flexibility index (Phi) is 4.99. The van der Waals surface area contributed by atoms with Crippen molar-refractivity contribution in [2.24, 2.45) is 0 Å². The average molecular weight is 267 g/mol. The van der Waals surface area contributed by atoms with Gasteiger partial charge in [-0.15, -0.1) is 0 Å². The Labute approximate surface area is 102 Å². The molecule has 1 fully saturated rings. The first-order valence-corrected chi connectivity index (χ1v) is 5.29. The fourth-order valence-electron chi connectivity index (χ4n) is 1.55. The maximum Gasteiger partial charge on any atom is 0.323 e. The van der Waals surface area contributed by atoms with E-state index in [-0.39, 0.29) is 0 Å². The molecule has 0 radical (unpaired) electrons. The van der Waals surface area contributed by atoms with Crippen LogP contribution in [0.5, 0.6) is 0 Å². The summed E-state index contributed by atoms with van der Waals surface area (Å²) in [5.41, 5.74) is 0. The van der Waals surface area contributed by atoms with Crippen LogP contribution in [0.3, 0.4) is 0 Å². The van der Waals surface area contributed by atoms with Gasteiger partial charge in [0.25, 0.3) is 0 Å². The van der Waals surface area contributed by atoms with Gasteiger partial charge in [0.05, 0.1) is 19.8 Å². The molecule has 0 aromatic carbocycles. The van der Waals surface area contributed by atoms with Gasteiger partial charge < -0.3 is 35.4 Å². The van der Waals surface area contributed by atoms with Crippen LogP contribution in [-0.4, -0.2) is 86.5 Å². The van der Waals surface area contributed by atoms with Crippen molar-refractivity contribution in [1.29, 1.82) is 0 Å². The second-order valence-electron chi connectivity index (χ2n) is 4.11. The minimum absolute atomic E-state index is 0.409. The van der Waals surface area contributed by atoms with Crippen molar-refractivity contribution in [2.45, 2.75) is 30.1 Å². The fraction of sp³-hybridized carbons (Fsp3) is 0.889. The molecule has 106 valence electrons. The molecule has 0 amide bonds. The molecule has 18 heavy (non-hydrogen) atoms. The van der Waals surface area contributed by atoms with Gasteiger partial charge in [0.1, 0.15) is 24.4 Å². The van der Waals surface area contributed by atoms with Crippen molar-refractivity contribution in [3.63, 3.8) is 0 Å². The summed E-state index contributed by atoms with van der Waals surface area (Å²) in [6.07, 6.45) is -4.75. The molecule has 0 saturated carbocycles. The van der Waals surface area contributed by atoms with Gasteiger partial charge in [-0.1, -0.05) is 0 Å². The first-order chi connectivity index (χ1) is 8.31. The lowest BCUT2D eigenvalue weighted by atomic mass is 9.96. The molecule has 5 atom stereocenters. The number of rotatable bonds is 5. The summed E-state index contributed by atoms with van der Waals surface area (Å²) in [4.78, 5) is 10.6. The normalized spacial score (nSPS) is 38.4. The van der Waals surface area contributed by atoms with Crippen molar-refractivity contribution in [3.05, 3.63) is 0 Å². The van der Waals surface area contributed by atoms with Gasteiger partial charge >= 0.3 is 5.97 Å². The minimum atomic E-state index is -2.23. The molecule has 1 aliphatic rings. The summed E-state index contributed by atoms with van der Waals surface area (Å²) in [6.45, 7) is -1.66. The third-order valence-electron chi connectivity index (χ3n) is 2.77. The number of carboxylic acid groups (broad SMARTS) is 1. The van der Waals surface area contributed by atoms with Crippen molar-refractivity contribution in [1.82, 2.24) is 5.32 Å². The minimum Gasteiger partial charge on any atom is -0.480 e. The SMILES string of the molecule is O=C(O)C(CO)NCC1(O)OCC(O)C(O)C1O. The van der Waals surface area contributed by atoms with Crippen LogP contribution in [0.4, 0.5) is 0 Å². The molecule has 0 aliphatic carbocycles. The zero-order chi connectivity index (χ0) is 13.9. The van der Waals surface area contributed by atoms with Crippen LogP contribution >= 0.6 is 0 Å². The number of carbonyl (C=O) groups is 1. The molecule has 7 N–H and O–H groups in total. The van der Waals surface area contributed by atoms with Gasteiger partial charge in [-0.2, -0.15) is 0 Å². The average Bonchev–Trinajstić information content (AvgIpc) is 2.32. The maximum atomic E-state index is 10.6. The first-order valence-electron chi connectivity index (χ1n) is 5.29. The van der Waals surface area contributed by atoms with E-state index in [1.807, 2.05) is 0 Å². The molecular formula is C9H17NO8. The van der Waals surface area contributed by atoms with Crippen LogP contribution in [0.25, 0.3) is 0 Å². The second-order valence-corrected chi connectivity index (χ2v) is 4.11. The summed E-state index contributed by atoms with van der Waals surface area (Å²) >= 11 is 0. The number of nitrogens with one attached hydrogen (secondary N) is 1. The number of aliphatic hydroxyl groups excluding tert-OH is 4. The van der Waals surface area contributed by atoms with Gasteiger partial charge in [0, 0.05) is 0 Å². The highest BCUT2D eigenvalue weighted by Crippen LogP contribution is 2.23. The van der Waals surface area contributed by atoms with E-state index in [1.54, 1.807) is 0 Å². The molecule has 1 aliphatic heterocycles. The summed E-state index contributed by atoms with van der Waals surface area (Å²) in [5.74, 6) is -3.58. The van der Waals surface area contributed by atoms with Crippen molar-refractivity contribution in [2.75, 3.05) is 19.8 Å². The molecule has 1 rings (SSSR count). The van der Waals surface area contributed by atoms with Crippen molar-refractivity contribution >= 4 is 5.97 Å². The van der Waals surface area contributed by atoms with Gasteiger partial charge in [-0.3, -0.25) is 10.1 Å². The van der Waals surface area contributed by atoms with Crippen LogP contribution in [-0.2, 0) is 9.53 Å². The Morgan fingerprint density at radius 3 is 2.56 bits per heavy atom. The highest BCUT2D eigenvalue weighted by molar-refractivity contribution is 5.73. The standard InChI is InChI=1S/C9H17NO8/c11-1-4(8(15)16)10-3-9(17)7(14)6(13)5(12)2-18-9/h4-7,10-14,17H,1-3H2,(H,15,16). The van der Waals surface area contributed by atoms with E-state index < -0.39 is 55.9 Å². The van der Waals surface area contributed by atoms with Crippen LogP contribution in [0.15, 0.2) is 0 Å². The van der Waals surface area contributed by atoms with E-state index in [2.05, 4.69) is 5.32 Å². The molecule has 1 heterocycles. The Bertz CT molecular complexity index is 300. The molecular weight excluding hydrogens is 250 g/mol. The van der Waals surface area contributed by atoms with Gasteiger partial charge in [0.15, 0.2) is 0 Å². The molecule has 0 bridgehead atoms. The largest absolute Gasteiger partial charge is 0.480 e. The maximum absolute atomic E-state index is 10.6. The summed E-state index contributed by atoms with van der Waals surface area (Å²) in [5, 5.41) is 57.7. The number of aliphatic hydroxyl groups is 5. The molecule has 1 saturated heterocycles. The highest BCUT2D eigenvalue weighted by atomic mass is 16.6. The quantitative estimate of drug-likeness (QED) is 0.262.